The van der Waals surface area contributed by atoms with Crippen molar-refractivity contribution in [2.75, 3.05) is 18.0 Å². The third-order valence-electron chi connectivity index (χ3n) is 5.45. The molecule has 0 N–H and O–H groups in total. The van der Waals surface area contributed by atoms with Crippen LogP contribution in [0.3, 0.4) is 0 Å². The molecular formula is C21H22F3N5OS. The highest BCUT2D eigenvalue weighted by Crippen LogP contribution is 2.31. The van der Waals surface area contributed by atoms with E-state index in [0.717, 1.165) is 46.4 Å². The Bertz CT molecular complexity index is 1120. The van der Waals surface area contributed by atoms with E-state index < -0.39 is 11.7 Å². The second-order valence-electron chi connectivity index (χ2n) is 7.72. The topological polar surface area (TPSA) is 63.9 Å². The normalized spacial score (nSPS) is 15.5. The van der Waals surface area contributed by atoms with Crippen molar-refractivity contribution in [2.45, 2.75) is 39.4 Å². The number of pyridine rings is 1. The molecule has 0 radical (unpaired) electrons. The van der Waals surface area contributed by atoms with Gasteiger partial charge in [0.1, 0.15) is 11.5 Å². The Balaban J connectivity index is 1.42. The minimum atomic E-state index is -4.39. The average molecular weight is 450 g/mol. The molecule has 31 heavy (non-hydrogen) atoms. The molecule has 6 nitrogen and oxygen atoms in total. The summed E-state index contributed by atoms with van der Waals surface area (Å²) in [6.07, 6.45) is -1.90. The summed E-state index contributed by atoms with van der Waals surface area (Å²) in [7, 11) is 0. The smallest absolute Gasteiger partial charge is 0.357 e. The van der Waals surface area contributed by atoms with Crippen molar-refractivity contribution in [1.29, 1.82) is 0 Å². The predicted octanol–water partition coefficient (Wildman–Crippen LogP) is 4.31. The first-order valence-electron chi connectivity index (χ1n) is 10.0. The van der Waals surface area contributed by atoms with Crippen LogP contribution in [-0.4, -0.2) is 32.8 Å². The van der Waals surface area contributed by atoms with Gasteiger partial charge in [-0.3, -0.25) is 4.79 Å². The molecule has 3 aromatic heterocycles. The number of aryl methyl sites for hydroxylation is 2. The van der Waals surface area contributed by atoms with Crippen molar-refractivity contribution in [1.82, 2.24) is 19.7 Å². The van der Waals surface area contributed by atoms with E-state index in [1.165, 1.54) is 16.8 Å². The molecule has 0 aliphatic carbocycles. The van der Waals surface area contributed by atoms with E-state index >= 15 is 0 Å². The molecule has 0 bridgehead atoms. The lowest BCUT2D eigenvalue weighted by Crippen LogP contribution is -2.37. The fourth-order valence-corrected chi connectivity index (χ4v) is 4.68. The third-order valence-corrected chi connectivity index (χ3v) is 6.54. The Morgan fingerprint density at radius 2 is 1.87 bits per heavy atom. The molecule has 4 heterocycles. The number of alkyl halides is 3. The second-order valence-corrected chi connectivity index (χ2v) is 8.92. The van der Waals surface area contributed by atoms with Gasteiger partial charge >= 0.3 is 6.18 Å². The summed E-state index contributed by atoms with van der Waals surface area (Å²) in [4.78, 5) is 23.7. The quantitative estimate of drug-likeness (QED) is 0.594. The van der Waals surface area contributed by atoms with Crippen LogP contribution in [0, 0.1) is 19.8 Å². The highest BCUT2D eigenvalue weighted by Gasteiger charge is 2.31. The lowest BCUT2D eigenvalue weighted by atomic mass is 9.97. The molecular weight excluding hydrogens is 427 g/mol. The zero-order chi connectivity index (χ0) is 22.2. The highest BCUT2D eigenvalue weighted by molar-refractivity contribution is 7.15. The van der Waals surface area contributed by atoms with Gasteiger partial charge in [-0.2, -0.15) is 18.3 Å². The molecule has 0 amide bonds. The number of halogens is 3. The summed E-state index contributed by atoms with van der Waals surface area (Å²) >= 11 is 1.56. The zero-order valence-electron chi connectivity index (χ0n) is 17.2. The molecule has 1 saturated heterocycles. The van der Waals surface area contributed by atoms with Crippen LogP contribution < -0.4 is 10.5 Å². The molecule has 0 aromatic carbocycles. The van der Waals surface area contributed by atoms with Crippen molar-refractivity contribution in [2.24, 2.45) is 5.92 Å². The van der Waals surface area contributed by atoms with Gasteiger partial charge in [-0.05, 0) is 50.8 Å². The number of piperidine rings is 1. The van der Waals surface area contributed by atoms with E-state index in [-0.39, 0.29) is 11.5 Å². The lowest BCUT2D eigenvalue weighted by Gasteiger charge is -2.32. The number of thiazole rings is 1. The first-order chi connectivity index (χ1) is 14.7. The Morgan fingerprint density at radius 1 is 1.13 bits per heavy atom. The molecule has 3 aromatic rings. The Morgan fingerprint density at radius 3 is 2.45 bits per heavy atom. The van der Waals surface area contributed by atoms with Gasteiger partial charge in [-0.15, -0.1) is 11.3 Å². The van der Waals surface area contributed by atoms with Crippen molar-refractivity contribution < 1.29 is 13.2 Å². The second kappa shape index (κ2) is 8.41. The van der Waals surface area contributed by atoms with Crippen LogP contribution in [-0.2, 0) is 12.7 Å². The van der Waals surface area contributed by atoms with Gasteiger partial charge < -0.3 is 4.90 Å². The number of anilines is 1. The fourth-order valence-electron chi connectivity index (χ4n) is 3.80. The fraction of sp³-hybridized carbons (Fsp3) is 0.429. The lowest BCUT2D eigenvalue weighted by molar-refractivity contribution is -0.137. The molecule has 0 spiro atoms. The molecule has 4 rings (SSSR count). The molecule has 0 atom stereocenters. The summed E-state index contributed by atoms with van der Waals surface area (Å²) < 4.78 is 39.7. The summed E-state index contributed by atoms with van der Waals surface area (Å²) in [5.74, 6) is 0.801. The van der Waals surface area contributed by atoms with E-state index in [0.29, 0.717) is 25.5 Å². The minimum Gasteiger partial charge on any atom is -0.357 e. The highest BCUT2D eigenvalue weighted by atomic mass is 32.1. The minimum absolute atomic E-state index is 0.144. The molecule has 164 valence electrons. The van der Waals surface area contributed by atoms with Crippen molar-refractivity contribution in [3.63, 3.8) is 0 Å². The number of rotatable bonds is 4. The molecule has 1 aliphatic heterocycles. The van der Waals surface area contributed by atoms with Gasteiger partial charge in [-0.25, -0.2) is 14.6 Å². The number of nitrogens with zero attached hydrogens (tertiary/aromatic N) is 5. The average Bonchev–Trinajstić information content (AvgIpc) is 3.08. The molecule has 1 aliphatic rings. The Kier molecular flexibility index (Phi) is 5.83. The molecule has 0 saturated carbocycles. The van der Waals surface area contributed by atoms with E-state index in [1.54, 1.807) is 17.4 Å². The third kappa shape index (κ3) is 4.79. The van der Waals surface area contributed by atoms with Gasteiger partial charge in [0, 0.05) is 31.9 Å². The molecule has 10 heteroatoms. The first kappa shape index (κ1) is 21.5. The molecule has 1 fully saturated rings. The maximum Gasteiger partial charge on any atom is 0.417 e. The van der Waals surface area contributed by atoms with E-state index in [2.05, 4.69) is 15.1 Å². The van der Waals surface area contributed by atoms with Gasteiger partial charge in [0.05, 0.1) is 21.1 Å². The number of hydrogen-bond donors (Lipinski definition) is 0. The first-order valence-corrected chi connectivity index (χ1v) is 10.8. The van der Waals surface area contributed by atoms with Gasteiger partial charge in [0.25, 0.3) is 5.56 Å². The standard InChI is InChI=1S/C21H22F3N5OS/c1-13-20(31-14(2)26-13)17-4-6-19(30)29(27-17)12-15-7-9-28(10-8-15)18-5-3-16(11-25-18)21(22,23)24/h3-6,11,15H,7-10,12H2,1-2H3. The Hall–Kier alpha value is -2.75. The summed E-state index contributed by atoms with van der Waals surface area (Å²) in [6, 6.07) is 5.75. The van der Waals surface area contributed by atoms with Crippen molar-refractivity contribution >= 4 is 17.2 Å². The van der Waals surface area contributed by atoms with Gasteiger partial charge in [0.15, 0.2) is 0 Å². The van der Waals surface area contributed by atoms with Crippen molar-refractivity contribution in [3.8, 4) is 10.6 Å². The van der Waals surface area contributed by atoms with Crippen LogP contribution in [0.5, 0.6) is 0 Å². The van der Waals surface area contributed by atoms with Gasteiger partial charge in [0.2, 0.25) is 0 Å². The summed E-state index contributed by atoms with van der Waals surface area (Å²) in [5.41, 5.74) is 0.754. The molecule has 0 unspecified atom stereocenters. The maximum absolute atomic E-state index is 12.7. The maximum atomic E-state index is 12.7. The van der Waals surface area contributed by atoms with Crippen LogP contribution in [0.25, 0.3) is 10.6 Å². The van der Waals surface area contributed by atoms with E-state index in [1.807, 2.05) is 18.7 Å². The van der Waals surface area contributed by atoms with Crippen LogP contribution >= 0.6 is 11.3 Å². The number of hydrogen-bond acceptors (Lipinski definition) is 6. The van der Waals surface area contributed by atoms with Crippen LogP contribution in [0.1, 0.15) is 29.1 Å². The predicted molar refractivity (Wildman–Crippen MR) is 113 cm³/mol. The van der Waals surface area contributed by atoms with Crippen LogP contribution in [0.15, 0.2) is 35.3 Å². The Labute approximate surface area is 181 Å². The van der Waals surface area contributed by atoms with Crippen molar-refractivity contribution in [3.05, 3.63) is 57.1 Å². The monoisotopic (exact) mass is 449 g/mol. The van der Waals surface area contributed by atoms with E-state index in [9.17, 15) is 18.0 Å². The SMILES string of the molecule is Cc1nc(C)c(-c2ccc(=O)n(CC3CCN(c4ccc(C(F)(F)F)cn4)CC3)n2)s1. The summed E-state index contributed by atoms with van der Waals surface area (Å²) in [5, 5.41) is 5.52. The van der Waals surface area contributed by atoms with Gasteiger partial charge in [-0.1, -0.05) is 0 Å². The number of aromatic nitrogens is 4. The van der Waals surface area contributed by atoms with Crippen LogP contribution in [0.4, 0.5) is 19.0 Å². The van der Waals surface area contributed by atoms with E-state index in [4.69, 9.17) is 0 Å². The zero-order valence-corrected chi connectivity index (χ0v) is 18.0. The summed E-state index contributed by atoms with van der Waals surface area (Å²) in [6.45, 7) is 5.73. The van der Waals surface area contributed by atoms with Crippen LogP contribution in [0.2, 0.25) is 0 Å². The largest absolute Gasteiger partial charge is 0.417 e.